The van der Waals surface area contributed by atoms with Gasteiger partial charge in [-0.15, -0.1) is 0 Å². The summed E-state index contributed by atoms with van der Waals surface area (Å²) < 4.78 is 5.85. The van der Waals surface area contributed by atoms with Gasteiger partial charge in [0.05, 0.1) is 6.26 Å². The van der Waals surface area contributed by atoms with E-state index >= 15 is 0 Å². The van der Waals surface area contributed by atoms with Gasteiger partial charge in [0.15, 0.2) is 0 Å². The molecule has 1 amide bonds. The lowest BCUT2D eigenvalue weighted by Gasteiger charge is -2.31. The van der Waals surface area contributed by atoms with Crippen LogP contribution in [-0.4, -0.2) is 11.6 Å². The maximum Gasteiger partial charge on any atom is 0.253 e. The maximum atomic E-state index is 13.5. The Morgan fingerprint density at radius 2 is 1.73 bits per heavy atom. The summed E-state index contributed by atoms with van der Waals surface area (Å²) in [5.74, 6) is 0.615. The van der Waals surface area contributed by atoms with E-state index in [0.717, 1.165) is 34.0 Å². The molecule has 0 saturated carbocycles. The zero-order valence-corrected chi connectivity index (χ0v) is 17.6. The summed E-state index contributed by atoms with van der Waals surface area (Å²) in [6, 6.07) is 22.0. The molecule has 2 unspecified atom stereocenters. The van der Waals surface area contributed by atoms with Gasteiger partial charge in [0, 0.05) is 34.5 Å². The number of nitrogens with one attached hydrogen (secondary N) is 1. The lowest BCUT2D eigenvalue weighted by Crippen LogP contribution is -2.30. The minimum atomic E-state index is -0.101. The Bertz CT molecular complexity index is 1100. The molecule has 1 aliphatic heterocycles. The largest absolute Gasteiger partial charge is 0.469 e. The highest BCUT2D eigenvalue weighted by molar-refractivity contribution is 6.06. The lowest BCUT2D eigenvalue weighted by atomic mass is 9.75. The molecule has 1 aliphatic rings. The first-order valence-corrected chi connectivity index (χ1v) is 10.2. The van der Waals surface area contributed by atoms with E-state index in [0.29, 0.717) is 12.0 Å². The van der Waals surface area contributed by atoms with Crippen LogP contribution in [0.5, 0.6) is 0 Å². The normalized spacial score (nSPS) is 17.4. The van der Waals surface area contributed by atoms with Gasteiger partial charge in [0.1, 0.15) is 5.76 Å². The van der Waals surface area contributed by atoms with E-state index in [9.17, 15) is 4.79 Å². The van der Waals surface area contributed by atoms with Crippen LogP contribution >= 0.6 is 0 Å². The molecule has 4 nitrogen and oxygen atoms in total. The number of para-hydroxylation sites is 1. The summed E-state index contributed by atoms with van der Waals surface area (Å²) in [6.45, 7) is 5.94. The van der Waals surface area contributed by atoms with Gasteiger partial charge in [-0.3, -0.25) is 9.79 Å². The van der Waals surface area contributed by atoms with Gasteiger partial charge in [0.25, 0.3) is 5.91 Å². The molecule has 2 aromatic carbocycles. The zero-order valence-electron chi connectivity index (χ0n) is 17.6. The summed E-state index contributed by atoms with van der Waals surface area (Å²) >= 11 is 0. The number of aliphatic imine (C=N–C) groups is 1. The molecule has 0 spiro atoms. The fourth-order valence-electron chi connectivity index (χ4n) is 4.32. The Balaban J connectivity index is 1.77. The van der Waals surface area contributed by atoms with Crippen molar-refractivity contribution in [3.63, 3.8) is 0 Å². The lowest BCUT2D eigenvalue weighted by molar-refractivity contribution is -0.113. The molecule has 1 N–H and O–H groups in total. The predicted octanol–water partition coefficient (Wildman–Crippen LogP) is 6.11. The monoisotopic (exact) mass is 398 g/mol. The van der Waals surface area contributed by atoms with Crippen LogP contribution in [0.3, 0.4) is 0 Å². The van der Waals surface area contributed by atoms with E-state index < -0.39 is 0 Å². The number of hydrogen-bond donors (Lipinski definition) is 1. The van der Waals surface area contributed by atoms with E-state index in [4.69, 9.17) is 4.42 Å². The van der Waals surface area contributed by atoms with E-state index in [1.807, 2.05) is 75.4 Å². The topological polar surface area (TPSA) is 54.6 Å². The van der Waals surface area contributed by atoms with E-state index in [1.165, 1.54) is 0 Å². The molecule has 3 aromatic rings. The SMILES string of the molecule is CC1=NC(C)=C(C(=O)Nc2ccccc2C)C(C(c2ccccc2)c2ccco2)C1. The minimum absolute atomic E-state index is 0.0694. The predicted molar refractivity (Wildman–Crippen MR) is 121 cm³/mol. The smallest absolute Gasteiger partial charge is 0.253 e. The van der Waals surface area contributed by atoms with E-state index in [-0.39, 0.29) is 17.7 Å². The number of anilines is 1. The molecular formula is C26H26N2O2. The molecule has 4 rings (SSSR count). The average Bonchev–Trinajstić information content (AvgIpc) is 3.24. The summed E-state index contributed by atoms with van der Waals surface area (Å²) in [6.07, 6.45) is 2.40. The van der Waals surface area contributed by atoms with Gasteiger partial charge in [0.2, 0.25) is 0 Å². The third kappa shape index (κ3) is 3.99. The number of nitrogens with zero attached hydrogens (tertiary/aromatic N) is 1. The summed E-state index contributed by atoms with van der Waals surface area (Å²) in [5, 5.41) is 3.11. The average molecular weight is 399 g/mol. The Hall–Kier alpha value is -3.40. The van der Waals surface area contributed by atoms with Crippen molar-refractivity contribution >= 4 is 17.3 Å². The molecule has 2 atom stereocenters. The van der Waals surface area contributed by atoms with Crippen LogP contribution in [0.25, 0.3) is 0 Å². The van der Waals surface area contributed by atoms with Crippen LogP contribution in [0, 0.1) is 12.8 Å². The van der Waals surface area contributed by atoms with Crippen molar-refractivity contribution in [1.82, 2.24) is 0 Å². The van der Waals surface area contributed by atoms with E-state index in [1.54, 1.807) is 6.26 Å². The number of carbonyl (C=O) groups is 1. The Kier molecular flexibility index (Phi) is 5.66. The third-order valence-corrected chi connectivity index (χ3v) is 5.68. The highest BCUT2D eigenvalue weighted by Crippen LogP contribution is 2.42. The molecule has 0 fully saturated rings. The molecule has 0 saturated heterocycles. The zero-order chi connectivity index (χ0) is 21.1. The third-order valence-electron chi connectivity index (χ3n) is 5.68. The highest BCUT2D eigenvalue weighted by atomic mass is 16.3. The number of rotatable bonds is 5. The van der Waals surface area contributed by atoms with Crippen LogP contribution in [0.4, 0.5) is 5.69 Å². The summed E-state index contributed by atoms with van der Waals surface area (Å²) in [5.41, 5.74) is 5.49. The van der Waals surface area contributed by atoms with E-state index in [2.05, 4.69) is 22.4 Å². The number of hydrogen-bond acceptors (Lipinski definition) is 3. The van der Waals surface area contributed by atoms with Gasteiger partial charge >= 0.3 is 0 Å². The van der Waals surface area contributed by atoms with Gasteiger partial charge in [-0.25, -0.2) is 0 Å². The van der Waals surface area contributed by atoms with Gasteiger partial charge in [-0.1, -0.05) is 48.5 Å². The summed E-state index contributed by atoms with van der Waals surface area (Å²) in [4.78, 5) is 18.1. The molecule has 152 valence electrons. The number of furan rings is 1. The molecule has 0 aliphatic carbocycles. The highest BCUT2D eigenvalue weighted by Gasteiger charge is 2.36. The van der Waals surface area contributed by atoms with Crippen molar-refractivity contribution in [2.75, 3.05) is 5.32 Å². The quantitative estimate of drug-likeness (QED) is 0.563. The van der Waals surface area contributed by atoms with Crippen LogP contribution in [0.2, 0.25) is 0 Å². The van der Waals surface area contributed by atoms with Crippen molar-refractivity contribution in [2.45, 2.75) is 33.1 Å². The van der Waals surface area contributed by atoms with Crippen LogP contribution < -0.4 is 5.32 Å². The number of benzene rings is 2. The molecule has 0 bridgehead atoms. The van der Waals surface area contributed by atoms with Crippen LogP contribution in [-0.2, 0) is 4.79 Å². The second kappa shape index (κ2) is 8.54. The van der Waals surface area contributed by atoms with Crippen molar-refractivity contribution < 1.29 is 9.21 Å². The van der Waals surface area contributed by atoms with Crippen molar-refractivity contribution in [3.05, 3.63) is 101 Å². The molecule has 1 aromatic heterocycles. The molecule has 30 heavy (non-hydrogen) atoms. The number of allylic oxidation sites excluding steroid dienone is 1. The first-order chi connectivity index (χ1) is 14.5. The first kappa shape index (κ1) is 19.9. The van der Waals surface area contributed by atoms with Crippen molar-refractivity contribution in [2.24, 2.45) is 10.9 Å². The van der Waals surface area contributed by atoms with Gasteiger partial charge in [-0.05, 0) is 56.5 Å². The Labute approximate surface area is 177 Å². The number of aryl methyl sites for hydroxylation is 1. The fraction of sp³-hybridized carbons (Fsp3) is 0.231. The second-order valence-electron chi connectivity index (χ2n) is 7.83. The molecule has 4 heteroatoms. The van der Waals surface area contributed by atoms with Gasteiger partial charge < -0.3 is 9.73 Å². The Morgan fingerprint density at radius 1 is 1.00 bits per heavy atom. The minimum Gasteiger partial charge on any atom is -0.469 e. The van der Waals surface area contributed by atoms with Crippen molar-refractivity contribution in [1.29, 1.82) is 0 Å². The number of carbonyl (C=O) groups excluding carboxylic acids is 1. The summed E-state index contributed by atoms with van der Waals surface area (Å²) in [7, 11) is 0. The molecule has 2 heterocycles. The van der Waals surface area contributed by atoms with Gasteiger partial charge in [-0.2, -0.15) is 0 Å². The van der Waals surface area contributed by atoms with Crippen LogP contribution in [0.15, 0.2) is 93.7 Å². The molecule has 0 radical (unpaired) electrons. The molecular weight excluding hydrogens is 372 g/mol. The Morgan fingerprint density at radius 3 is 2.43 bits per heavy atom. The maximum absolute atomic E-state index is 13.5. The van der Waals surface area contributed by atoms with Crippen LogP contribution in [0.1, 0.15) is 43.1 Å². The number of amides is 1. The fourth-order valence-corrected chi connectivity index (χ4v) is 4.32. The second-order valence-corrected chi connectivity index (χ2v) is 7.83. The first-order valence-electron chi connectivity index (χ1n) is 10.2. The standard InChI is InChI=1S/C26H26N2O2/c1-17-10-7-8-13-22(17)28-26(29)24-19(3)27-18(2)16-21(24)25(23-14-9-15-30-23)20-11-5-4-6-12-20/h4-15,21,25H,16H2,1-3H3,(H,28,29). The van der Waals surface area contributed by atoms with Crippen molar-refractivity contribution in [3.8, 4) is 0 Å².